The molecule has 1 atom stereocenters. The van der Waals surface area contributed by atoms with Crippen LogP contribution in [0.2, 0.25) is 5.02 Å². The van der Waals surface area contributed by atoms with Gasteiger partial charge in [-0.2, -0.15) is 0 Å². The second-order valence-electron chi connectivity index (χ2n) is 6.40. The van der Waals surface area contributed by atoms with Crippen LogP contribution >= 0.6 is 11.6 Å². The summed E-state index contributed by atoms with van der Waals surface area (Å²) in [5.41, 5.74) is 0.140. The molecule has 156 valence electrons. The summed E-state index contributed by atoms with van der Waals surface area (Å²) in [7, 11) is -3.90. The number of carbonyl (C=O) groups excluding carboxylic acids is 1. The van der Waals surface area contributed by atoms with Gasteiger partial charge in [0.25, 0.3) is 15.9 Å². The zero-order valence-electron chi connectivity index (χ0n) is 15.6. The van der Waals surface area contributed by atoms with E-state index in [1.165, 1.54) is 36.4 Å². The molecule has 10 heteroatoms. The highest BCUT2D eigenvalue weighted by Crippen LogP contribution is 2.23. The molecule has 2 aromatic carbocycles. The van der Waals surface area contributed by atoms with Gasteiger partial charge in [0.2, 0.25) is 0 Å². The third-order valence-electron chi connectivity index (χ3n) is 4.29. The van der Waals surface area contributed by atoms with Gasteiger partial charge in [-0.15, -0.1) is 0 Å². The number of nitrogens with one attached hydrogen (secondary N) is 1. The van der Waals surface area contributed by atoms with Crippen LogP contribution in [0.15, 0.2) is 47.4 Å². The third-order valence-corrected chi connectivity index (χ3v) is 5.98. The van der Waals surface area contributed by atoms with Crippen molar-refractivity contribution >= 4 is 33.2 Å². The van der Waals surface area contributed by atoms with Crippen molar-refractivity contribution in [3.63, 3.8) is 0 Å². The molecule has 0 bridgehead atoms. The first kappa shape index (κ1) is 21.4. The zero-order valence-corrected chi connectivity index (χ0v) is 17.2. The number of ether oxygens (including phenoxy) is 2. The van der Waals surface area contributed by atoms with Crippen molar-refractivity contribution in [2.24, 2.45) is 0 Å². The Kier molecular flexibility index (Phi) is 6.61. The minimum atomic E-state index is -3.90. The molecular weight excluding hydrogens is 423 g/mol. The first-order chi connectivity index (χ1) is 13.8. The molecule has 0 unspecified atom stereocenters. The molecule has 2 aromatic rings. The van der Waals surface area contributed by atoms with Gasteiger partial charge in [-0.25, -0.2) is 12.8 Å². The molecule has 1 amide bonds. The predicted octanol–water partition coefficient (Wildman–Crippen LogP) is 2.91. The van der Waals surface area contributed by atoms with Crippen molar-refractivity contribution < 1.29 is 27.1 Å². The summed E-state index contributed by atoms with van der Waals surface area (Å²) in [6.45, 7) is 3.67. The number of amides is 1. The Balaban J connectivity index is 1.65. The van der Waals surface area contributed by atoms with Gasteiger partial charge in [0.15, 0.2) is 6.10 Å². The van der Waals surface area contributed by atoms with Gasteiger partial charge in [-0.3, -0.25) is 9.52 Å². The summed E-state index contributed by atoms with van der Waals surface area (Å²) < 4.78 is 51.4. The second-order valence-corrected chi connectivity index (χ2v) is 8.49. The molecule has 1 fully saturated rings. The van der Waals surface area contributed by atoms with E-state index < -0.39 is 21.9 Å². The molecule has 0 spiro atoms. The molecule has 1 N–H and O–H groups in total. The minimum Gasteiger partial charge on any atom is -0.481 e. The van der Waals surface area contributed by atoms with E-state index in [0.29, 0.717) is 32.1 Å². The maximum Gasteiger partial charge on any atom is 0.263 e. The number of hydrogen-bond donors (Lipinski definition) is 1. The number of carbonyl (C=O) groups is 1. The highest BCUT2D eigenvalue weighted by molar-refractivity contribution is 7.92. The SMILES string of the molecule is C[C@@H](Oc1ccc(S(=O)(=O)Nc2ccc(F)c(Cl)c2)cc1)C(=O)N1CCOCC1. The van der Waals surface area contributed by atoms with Crippen LogP contribution in [0.25, 0.3) is 0 Å². The standard InChI is InChI=1S/C19H20ClFN2O5S/c1-13(19(24)23-8-10-27-11-9-23)28-15-3-5-16(6-4-15)29(25,26)22-14-2-7-18(21)17(20)12-14/h2-7,12-13,22H,8-11H2,1H3/t13-/m1/s1. The Morgan fingerprint density at radius 2 is 1.86 bits per heavy atom. The lowest BCUT2D eigenvalue weighted by molar-refractivity contribution is -0.142. The lowest BCUT2D eigenvalue weighted by Gasteiger charge is -2.29. The summed E-state index contributed by atoms with van der Waals surface area (Å²) in [6, 6.07) is 9.18. The van der Waals surface area contributed by atoms with Gasteiger partial charge in [0.05, 0.1) is 28.8 Å². The van der Waals surface area contributed by atoms with Crippen LogP contribution in [0, 0.1) is 5.82 Å². The van der Waals surface area contributed by atoms with Crippen LogP contribution in [-0.4, -0.2) is 51.6 Å². The van der Waals surface area contributed by atoms with E-state index in [-0.39, 0.29) is 21.5 Å². The number of rotatable bonds is 6. The fourth-order valence-electron chi connectivity index (χ4n) is 2.77. The smallest absolute Gasteiger partial charge is 0.263 e. The Morgan fingerprint density at radius 3 is 2.48 bits per heavy atom. The van der Waals surface area contributed by atoms with Gasteiger partial charge in [0, 0.05) is 13.1 Å². The number of morpholine rings is 1. The van der Waals surface area contributed by atoms with E-state index in [2.05, 4.69) is 4.72 Å². The summed E-state index contributed by atoms with van der Waals surface area (Å²) in [4.78, 5) is 14.0. The molecule has 1 heterocycles. The molecule has 3 rings (SSSR count). The maximum absolute atomic E-state index is 13.2. The van der Waals surface area contributed by atoms with Crippen molar-refractivity contribution in [3.8, 4) is 5.75 Å². The highest BCUT2D eigenvalue weighted by Gasteiger charge is 2.24. The Labute approximate surface area is 173 Å². The molecule has 1 saturated heterocycles. The van der Waals surface area contributed by atoms with E-state index in [0.717, 1.165) is 6.07 Å². The summed E-state index contributed by atoms with van der Waals surface area (Å²) in [5, 5.41) is -0.187. The Hall–Kier alpha value is -2.36. The van der Waals surface area contributed by atoms with Crippen LogP contribution in [0.5, 0.6) is 5.75 Å². The average molecular weight is 443 g/mol. The number of benzene rings is 2. The summed E-state index contributed by atoms with van der Waals surface area (Å²) in [5.74, 6) is -0.431. The van der Waals surface area contributed by atoms with Crippen LogP contribution in [0.3, 0.4) is 0 Å². The van der Waals surface area contributed by atoms with Crippen LogP contribution < -0.4 is 9.46 Å². The fourth-order valence-corrected chi connectivity index (χ4v) is 4.00. The maximum atomic E-state index is 13.2. The van der Waals surface area contributed by atoms with E-state index >= 15 is 0 Å². The van der Waals surface area contributed by atoms with E-state index in [9.17, 15) is 17.6 Å². The number of nitrogens with zero attached hydrogens (tertiary/aromatic N) is 1. The highest BCUT2D eigenvalue weighted by atomic mass is 35.5. The van der Waals surface area contributed by atoms with Gasteiger partial charge >= 0.3 is 0 Å². The number of anilines is 1. The van der Waals surface area contributed by atoms with E-state index in [1.54, 1.807) is 11.8 Å². The number of halogens is 2. The van der Waals surface area contributed by atoms with Crippen molar-refractivity contribution in [1.82, 2.24) is 4.90 Å². The van der Waals surface area contributed by atoms with E-state index in [4.69, 9.17) is 21.1 Å². The molecule has 0 saturated carbocycles. The third kappa shape index (κ3) is 5.37. The lowest BCUT2D eigenvalue weighted by atomic mass is 10.3. The normalized spacial score (nSPS) is 15.6. The van der Waals surface area contributed by atoms with Crippen molar-refractivity contribution in [1.29, 1.82) is 0 Å². The quantitative estimate of drug-likeness (QED) is 0.743. The average Bonchev–Trinajstić information content (AvgIpc) is 2.71. The van der Waals surface area contributed by atoms with Gasteiger partial charge in [-0.05, 0) is 49.4 Å². The molecule has 29 heavy (non-hydrogen) atoms. The molecule has 0 aromatic heterocycles. The topological polar surface area (TPSA) is 84.9 Å². The minimum absolute atomic E-state index is 0.0162. The first-order valence-electron chi connectivity index (χ1n) is 8.87. The fraction of sp³-hybridized carbons (Fsp3) is 0.316. The van der Waals surface area contributed by atoms with Crippen molar-refractivity contribution in [2.75, 3.05) is 31.0 Å². The van der Waals surface area contributed by atoms with Gasteiger partial charge in [-0.1, -0.05) is 11.6 Å². The molecule has 0 aliphatic carbocycles. The van der Waals surface area contributed by atoms with Gasteiger partial charge in [0.1, 0.15) is 11.6 Å². The molecule has 0 radical (unpaired) electrons. The van der Waals surface area contributed by atoms with E-state index in [1.807, 2.05) is 0 Å². The second kappa shape index (κ2) is 8.98. The van der Waals surface area contributed by atoms with Crippen LogP contribution in [0.1, 0.15) is 6.92 Å². The lowest BCUT2D eigenvalue weighted by Crippen LogP contribution is -2.46. The molecular formula is C19H20ClFN2O5S. The summed E-state index contributed by atoms with van der Waals surface area (Å²) >= 11 is 5.68. The molecule has 7 nitrogen and oxygen atoms in total. The predicted molar refractivity (Wildman–Crippen MR) is 106 cm³/mol. The van der Waals surface area contributed by atoms with Crippen molar-refractivity contribution in [3.05, 3.63) is 53.3 Å². The molecule has 1 aliphatic rings. The largest absolute Gasteiger partial charge is 0.481 e. The van der Waals surface area contributed by atoms with Gasteiger partial charge < -0.3 is 14.4 Å². The Bertz CT molecular complexity index is 979. The number of sulfonamides is 1. The van der Waals surface area contributed by atoms with Crippen molar-refractivity contribution in [2.45, 2.75) is 17.9 Å². The monoisotopic (exact) mass is 442 g/mol. The molecule has 1 aliphatic heterocycles. The zero-order chi connectivity index (χ0) is 21.0. The Morgan fingerprint density at radius 1 is 1.21 bits per heavy atom. The first-order valence-corrected chi connectivity index (χ1v) is 10.7. The number of hydrogen-bond acceptors (Lipinski definition) is 5. The van der Waals surface area contributed by atoms with Crippen LogP contribution in [0.4, 0.5) is 10.1 Å². The summed E-state index contributed by atoms with van der Waals surface area (Å²) in [6.07, 6.45) is -0.713. The van der Waals surface area contributed by atoms with Crippen LogP contribution in [-0.2, 0) is 19.6 Å².